The number of carbonyl (C=O) groups excluding carboxylic acids is 1. The van der Waals surface area contributed by atoms with Gasteiger partial charge in [-0.25, -0.2) is 4.98 Å². The van der Waals surface area contributed by atoms with Gasteiger partial charge in [0, 0.05) is 29.8 Å². The van der Waals surface area contributed by atoms with Crippen molar-refractivity contribution in [1.29, 1.82) is 0 Å². The predicted molar refractivity (Wildman–Crippen MR) is 115 cm³/mol. The molecule has 0 saturated carbocycles. The van der Waals surface area contributed by atoms with Crippen molar-refractivity contribution in [2.24, 2.45) is 0 Å². The number of hydrogen-bond acceptors (Lipinski definition) is 6. The third-order valence-electron chi connectivity index (χ3n) is 5.51. The van der Waals surface area contributed by atoms with Crippen LogP contribution in [0.2, 0.25) is 0 Å². The molecule has 0 radical (unpaired) electrons. The Bertz CT molecular complexity index is 998. The Morgan fingerprint density at radius 1 is 1.31 bits per heavy atom. The third-order valence-corrected chi connectivity index (χ3v) is 6.26. The monoisotopic (exact) mass is 431 g/mol. The molecule has 2 aliphatic rings. The first-order valence-electron chi connectivity index (χ1n) is 9.49. The maximum atomic E-state index is 13.2. The number of carbonyl (C=O) groups is 1. The third kappa shape index (κ3) is 3.63. The van der Waals surface area contributed by atoms with Gasteiger partial charge in [0.15, 0.2) is 5.13 Å². The van der Waals surface area contributed by atoms with Gasteiger partial charge >= 0.3 is 0 Å². The number of nitrogens with one attached hydrogen (secondary N) is 2. The van der Waals surface area contributed by atoms with E-state index in [1.54, 1.807) is 10.9 Å². The van der Waals surface area contributed by atoms with Crippen LogP contribution in [0.1, 0.15) is 18.4 Å². The van der Waals surface area contributed by atoms with Crippen LogP contribution < -0.4 is 15.4 Å². The van der Waals surface area contributed by atoms with Crippen molar-refractivity contribution in [1.82, 2.24) is 20.1 Å². The van der Waals surface area contributed by atoms with E-state index in [1.165, 1.54) is 16.9 Å². The van der Waals surface area contributed by atoms with Crippen LogP contribution in [0.5, 0.6) is 5.75 Å². The smallest absolute Gasteiger partial charge is 0.254 e. The number of aromatic nitrogens is 3. The van der Waals surface area contributed by atoms with Gasteiger partial charge in [-0.1, -0.05) is 0 Å². The van der Waals surface area contributed by atoms with E-state index in [4.69, 9.17) is 4.74 Å². The summed E-state index contributed by atoms with van der Waals surface area (Å²) in [6.07, 6.45) is 5.91. The summed E-state index contributed by atoms with van der Waals surface area (Å²) in [7, 11) is 0. The molecule has 0 atom stereocenters. The lowest BCUT2D eigenvalue weighted by Crippen LogP contribution is -2.52. The first-order valence-corrected chi connectivity index (χ1v) is 10.4. The molecule has 0 bridgehead atoms. The molecule has 3 aromatic rings. The van der Waals surface area contributed by atoms with E-state index in [9.17, 15) is 4.79 Å². The first kappa shape index (κ1) is 19.9. The minimum absolute atomic E-state index is 0. The number of fused-ring (bicyclic) bond motifs is 1. The summed E-state index contributed by atoms with van der Waals surface area (Å²) in [6, 6.07) is 8.00. The fraction of sp³-hybridized carbons (Fsp3) is 0.350. The van der Waals surface area contributed by atoms with Crippen molar-refractivity contribution in [3.05, 3.63) is 47.6 Å². The van der Waals surface area contributed by atoms with Crippen LogP contribution in [0.4, 0.5) is 5.13 Å². The molecule has 0 aliphatic carbocycles. The Labute approximate surface area is 178 Å². The highest BCUT2D eigenvalue weighted by atomic mass is 35.5. The van der Waals surface area contributed by atoms with Gasteiger partial charge in [-0.3, -0.25) is 14.8 Å². The van der Waals surface area contributed by atoms with E-state index >= 15 is 0 Å². The van der Waals surface area contributed by atoms with Crippen molar-refractivity contribution in [2.75, 3.05) is 25.0 Å². The summed E-state index contributed by atoms with van der Waals surface area (Å²) in [5.41, 5.74) is 2.45. The number of hydrogen-bond donors (Lipinski definition) is 2. The summed E-state index contributed by atoms with van der Waals surface area (Å²) in [6.45, 7) is 2.31. The van der Waals surface area contributed by atoms with Gasteiger partial charge in [0.1, 0.15) is 11.3 Å². The lowest BCUT2D eigenvalue weighted by atomic mass is 9.87. The molecule has 9 heteroatoms. The molecular formula is C20H22ClN5O2S. The van der Waals surface area contributed by atoms with Gasteiger partial charge in [-0.2, -0.15) is 5.10 Å². The molecule has 2 N–H and O–H groups in total. The molecule has 29 heavy (non-hydrogen) atoms. The summed E-state index contributed by atoms with van der Waals surface area (Å²) >= 11 is 1.45. The second-order valence-corrected chi connectivity index (χ2v) is 8.00. The predicted octanol–water partition coefficient (Wildman–Crippen LogP) is 3.08. The molecule has 0 spiro atoms. The number of rotatable bonds is 4. The van der Waals surface area contributed by atoms with Crippen LogP contribution in [0.3, 0.4) is 0 Å². The average molecular weight is 432 g/mol. The Morgan fingerprint density at radius 2 is 2.17 bits per heavy atom. The van der Waals surface area contributed by atoms with Crippen LogP contribution in [0.15, 0.2) is 42.0 Å². The Kier molecular flexibility index (Phi) is 5.58. The molecule has 1 amide bonds. The van der Waals surface area contributed by atoms with Gasteiger partial charge in [0.2, 0.25) is 0 Å². The molecular weight excluding hydrogens is 410 g/mol. The summed E-state index contributed by atoms with van der Waals surface area (Å²) in [4.78, 5) is 17.9. The minimum atomic E-state index is -0.675. The van der Waals surface area contributed by atoms with E-state index in [2.05, 4.69) is 26.8 Å². The van der Waals surface area contributed by atoms with Crippen molar-refractivity contribution < 1.29 is 9.53 Å². The van der Waals surface area contributed by atoms with Gasteiger partial charge in [-0.05, 0) is 55.8 Å². The molecule has 1 aromatic carbocycles. The fourth-order valence-corrected chi connectivity index (χ4v) is 4.66. The lowest BCUT2D eigenvalue weighted by Gasteiger charge is -2.36. The highest BCUT2D eigenvalue weighted by molar-refractivity contribution is 7.14. The number of piperidine rings is 1. The standard InChI is InChI=1S/C20H21N5O2S.ClH/c26-18(20(5-8-21-9-6-20)25-10-1-7-22-25)24-19-23-16(13-28-19)14-2-3-17-15(12-14)4-11-27-17;/h1-3,7,10,12-13,21H,4-6,8-9,11H2,(H,23,24,26);1H. The number of halogens is 1. The number of ether oxygens (including phenoxy) is 1. The Morgan fingerprint density at radius 3 is 2.97 bits per heavy atom. The molecule has 1 saturated heterocycles. The minimum Gasteiger partial charge on any atom is -0.493 e. The molecule has 1 fully saturated rings. The zero-order valence-corrected chi connectivity index (χ0v) is 17.4. The highest BCUT2D eigenvalue weighted by Crippen LogP contribution is 2.33. The molecule has 5 rings (SSSR count). The number of anilines is 1. The zero-order valence-electron chi connectivity index (χ0n) is 15.8. The van der Waals surface area contributed by atoms with Crippen LogP contribution in [-0.2, 0) is 16.8 Å². The average Bonchev–Trinajstić information content (AvgIpc) is 3.49. The number of thiazole rings is 1. The van der Waals surface area contributed by atoms with Crippen LogP contribution in [-0.4, -0.2) is 40.4 Å². The summed E-state index contributed by atoms with van der Waals surface area (Å²) in [5.74, 6) is 0.903. The fourth-order valence-electron chi connectivity index (χ4n) is 3.95. The topological polar surface area (TPSA) is 81.1 Å². The quantitative estimate of drug-likeness (QED) is 0.663. The van der Waals surface area contributed by atoms with Gasteiger partial charge in [-0.15, -0.1) is 23.7 Å². The second kappa shape index (κ2) is 8.14. The maximum Gasteiger partial charge on any atom is 0.254 e. The Balaban J connectivity index is 0.00000205. The summed E-state index contributed by atoms with van der Waals surface area (Å²) in [5, 5.41) is 13.3. The van der Waals surface area contributed by atoms with E-state index in [-0.39, 0.29) is 18.3 Å². The van der Waals surface area contributed by atoms with Crippen LogP contribution >= 0.6 is 23.7 Å². The van der Waals surface area contributed by atoms with Gasteiger partial charge < -0.3 is 10.1 Å². The Hall–Kier alpha value is -2.42. The zero-order chi connectivity index (χ0) is 19.0. The molecule has 2 aromatic heterocycles. The van der Waals surface area contributed by atoms with Gasteiger partial charge in [0.25, 0.3) is 5.91 Å². The van der Waals surface area contributed by atoms with Gasteiger partial charge in [0.05, 0.1) is 12.3 Å². The van der Waals surface area contributed by atoms with Crippen LogP contribution in [0, 0.1) is 0 Å². The molecule has 0 unspecified atom stereocenters. The van der Waals surface area contributed by atoms with Crippen LogP contribution in [0.25, 0.3) is 11.3 Å². The molecule has 4 heterocycles. The maximum absolute atomic E-state index is 13.2. The molecule has 7 nitrogen and oxygen atoms in total. The lowest BCUT2D eigenvalue weighted by molar-refractivity contribution is -0.126. The normalized spacial score (nSPS) is 17.1. The van der Waals surface area contributed by atoms with E-state index < -0.39 is 5.54 Å². The summed E-state index contributed by atoms with van der Waals surface area (Å²) < 4.78 is 7.36. The number of amides is 1. The van der Waals surface area contributed by atoms with Crippen molar-refractivity contribution in [3.63, 3.8) is 0 Å². The van der Waals surface area contributed by atoms with E-state index in [0.717, 1.165) is 43.1 Å². The van der Waals surface area contributed by atoms with Crippen molar-refractivity contribution in [2.45, 2.75) is 24.8 Å². The van der Waals surface area contributed by atoms with E-state index in [1.807, 2.05) is 29.8 Å². The molecule has 152 valence electrons. The number of benzene rings is 1. The SMILES string of the molecule is Cl.O=C(Nc1nc(-c2ccc3c(c2)CCO3)cs1)C1(n2cccn2)CCNCC1. The molecule has 2 aliphatic heterocycles. The second-order valence-electron chi connectivity index (χ2n) is 7.15. The first-order chi connectivity index (χ1) is 13.7. The highest BCUT2D eigenvalue weighted by Gasteiger charge is 2.42. The van der Waals surface area contributed by atoms with Crippen molar-refractivity contribution >= 4 is 34.8 Å². The largest absolute Gasteiger partial charge is 0.493 e. The van der Waals surface area contributed by atoms with Crippen molar-refractivity contribution in [3.8, 4) is 17.0 Å². The number of nitrogens with zero attached hydrogens (tertiary/aromatic N) is 3. The van der Waals surface area contributed by atoms with E-state index in [0.29, 0.717) is 18.0 Å².